The quantitative estimate of drug-likeness (QED) is 0.779. The van der Waals surface area contributed by atoms with Gasteiger partial charge in [0.2, 0.25) is 0 Å². The molecule has 0 aromatic carbocycles. The molecule has 0 unspecified atom stereocenters. The highest BCUT2D eigenvalue weighted by atomic mass is 16.3. The number of nitrogens with zero attached hydrogens (tertiary/aromatic N) is 4. The van der Waals surface area contributed by atoms with E-state index in [2.05, 4.69) is 21.9 Å². The maximum Gasteiger partial charge on any atom is 0.350 e. The van der Waals surface area contributed by atoms with Gasteiger partial charge < -0.3 is 9.90 Å². The number of imidazole rings is 1. The van der Waals surface area contributed by atoms with Gasteiger partial charge in [-0.15, -0.1) is 0 Å². The van der Waals surface area contributed by atoms with Gasteiger partial charge in [0, 0.05) is 0 Å². The number of H-pyrrole nitrogens is 1. The average molecular weight is 293 g/mol. The van der Waals surface area contributed by atoms with Crippen LogP contribution in [0.3, 0.4) is 0 Å². The molecule has 21 heavy (non-hydrogen) atoms. The molecule has 114 valence electrons. The standard InChI is InChI=1S/C10H13N5O2.C3H6O/c1-2-3-4-14-5-6-15(7-14)8-11-9(16)13-10(17)12-8;1-3(2)4/h5-7H,2-4H2,1H3,(H-,11,12,13,16,17);1-2H3. The molecule has 2 rings (SSSR count). The van der Waals surface area contributed by atoms with Crippen molar-refractivity contribution in [2.45, 2.75) is 40.2 Å². The Bertz CT molecular complexity index is 643. The minimum atomic E-state index is -0.780. The van der Waals surface area contributed by atoms with Crippen LogP contribution in [0.4, 0.5) is 0 Å². The second-order valence-electron chi connectivity index (χ2n) is 4.58. The lowest BCUT2D eigenvalue weighted by Crippen LogP contribution is -2.31. The number of carbonyl (C=O) groups excluding carboxylic acids is 1. The average Bonchev–Trinajstić information content (AvgIpc) is 2.83. The third kappa shape index (κ3) is 5.98. The Hall–Kier alpha value is -2.51. The van der Waals surface area contributed by atoms with Crippen LogP contribution >= 0.6 is 0 Å². The van der Waals surface area contributed by atoms with Crippen molar-refractivity contribution in [1.82, 2.24) is 19.5 Å². The van der Waals surface area contributed by atoms with Gasteiger partial charge in [-0.1, -0.05) is 13.3 Å². The Morgan fingerprint density at radius 2 is 2.10 bits per heavy atom. The Morgan fingerprint density at radius 3 is 2.67 bits per heavy atom. The fraction of sp³-hybridized carbons (Fsp3) is 0.462. The van der Waals surface area contributed by atoms with Crippen LogP contribution in [0.25, 0.3) is 5.95 Å². The summed E-state index contributed by atoms with van der Waals surface area (Å²) >= 11 is 0. The Morgan fingerprint density at radius 1 is 1.43 bits per heavy atom. The largest absolute Gasteiger partial charge is 0.844 e. The van der Waals surface area contributed by atoms with Gasteiger partial charge >= 0.3 is 11.6 Å². The fourth-order valence-corrected chi connectivity index (χ4v) is 1.47. The van der Waals surface area contributed by atoms with Crippen molar-refractivity contribution in [2.24, 2.45) is 0 Å². The molecular formula is C13H19N5O3. The first-order chi connectivity index (χ1) is 9.92. The van der Waals surface area contributed by atoms with E-state index >= 15 is 0 Å². The van der Waals surface area contributed by atoms with Crippen molar-refractivity contribution in [2.75, 3.05) is 0 Å². The molecule has 8 heteroatoms. The van der Waals surface area contributed by atoms with Crippen LogP contribution in [-0.2, 0) is 11.3 Å². The normalized spacial score (nSPS) is 9.86. The highest BCUT2D eigenvalue weighted by molar-refractivity contribution is 5.72. The number of aromatic amines is 1. The molecular weight excluding hydrogens is 274 g/mol. The van der Waals surface area contributed by atoms with Crippen LogP contribution in [0.1, 0.15) is 33.6 Å². The molecule has 0 saturated heterocycles. The maximum absolute atomic E-state index is 11.0. The molecule has 0 amide bonds. The molecule has 2 heterocycles. The van der Waals surface area contributed by atoms with Crippen LogP contribution in [-0.4, -0.2) is 25.3 Å². The molecule has 0 radical (unpaired) electrons. The molecule has 0 aliphatic carbocycles. The third-order valence-corrected chi connectivity index (χ3v) is 2.32. The summed E-state index contributed by atoms with van der Waals surface area (Å²) in [4.78, 5) is 29.6. The van der Waals surface area contributed by atoms with E-state index < -0.39 is 11.7 Å². The zero-order valence-corrected chi connectivity index (χ0v) is 12.4. The minimum Gasteiger partial charge on any atom is -0.844 e. The predicted molar refractivity (Wildman–Crippen MR) is 72.9 cm³/mol. The van der Waals surface area contributed by atoms with E-state index in [9.17, 15) is 14.7 Å². The van der Waals surface area contributed by atoms with Crippen molar-refractivity contribution >= 4 is 5.78 Å². The monoisotopic (exact) mass is 293 g/mol. The molecule has 2 aromatic rings. The predicted octanol–water partition coefficient (Wildman–Crippen LogP) is -0.288. The summed E-state index contributed by atoms with van der Waals surface area (Å²) in [6.07, 6.45) is 7.54. The van der Waals surface area contributed by atoms with Crippen molar-refractivity contribution < 1.29 is 14.5 Å². The summed E-state index contributed by atoms with van der Waals surface area (Å²) in [5.74, 6) is 0.352. The molecule has 8 nitrogen and oxygen atoms in total. The molecule has 0 saturated carbocycles. The van der Waals surface area contributed by atoms with E-state index in [1.54, 1.807) is 17.1 Å². The number of nitrogens with one attached hydrogen (secondary N) is 1. The Labute approximate surface area is 122 Å². The van der Waals surface area contributed by atoms with Gasteiger partial charge in [-0.2, -0.15) is 14.5 Å². The van der Waals surface area contributed by atoms with Gasteiger partial charge in [-0.05, 0) is 20.3 Å². The lowest BCUT2D eigenvalue weighted by molar-refractivity contribution is -0.696. The fourth-order valence-electron chi connectivity index (χ4n) is 1.47. The number of hydrogen-bond donors (Lipinski definition) is 1. The molecule has 1 N–H and O–H groups in total. The highest BCUT2D eigenvalue weighted by Crippen LogP contribution is 1.98. The molecule has 0 aliphatic rings. The molecule has 0 spiro atoms. The first-order valence-electron chi connectivity index (χ1n) is 6.62. The number of unbranched alkanes of at least 4 members (excludes halogenated alkanes) is 1. The Kier molecular flexibility index (Phi) is 6.25. The Balaban J connectivity index is 0.000000491. The van der Waals surface area contributed by atoms with Gasteiger partial charge in [0.05, 0.1) is 12.6 Å². The van der Waals surface area contributed by atoms with Crippen LogP contribution in [0.15, 0.2) is 23.5 Å². The lowest BCUT2D eigenvalue weighted by Gasteiger charge is -2.00. The van der Waals surface area contributed by atoms with E-state index in [1.165, 1.54) is 13.8 Å². The van der Waals surface area contributed by atoms with Gasteiger partial charge in [0.25, 0.3) is 6.33 Å². The van der Waals surface area contributed by atoms with E-state index in [-0.39, 0.29) is 11.7 Å². The van der Waals surface area contributed by atoms with Crippen LogP contribution in [0, 0.1) is 0 Å². The SMILES string of the molecule is CC(C)=O.CCCC[n+]1ccn(-c2nc([O-])nc(=O)[nH]2)c1. The van der Waals surface area contributed by atoms with Crippen molar-refractivity contribution in [3.8, 4) is 12.0 Å². The zero-order valence-electron chi connectivity index (χ0n) is 12.4. The first kappa shape index (κ1) is 16.5. The smallest absolute Gasteiger partial charge is 0.350 e. The number of hydrogen-bond acceptors (Lipinski definition) is 5. The first-order valence-corrected chi connectivity index (χ1v) is 6.62. The number of aryl methyl sites for hydroxylation is 1. The summed E-state index contributed by atoms with van der Waals surface area (Å²) in [5, 5.41) is 11.0. The molecule has 0 atom stereocenters. The number of carbonyl (C=O) groups is 1. The van der Waals surface area contributed by atoms with E-state index in [1.807, 2.05) is 10.8 Å². The highest BCUT2D eigenvalue weighted by Gasteiger charge is 2.08. The van der Waals surface area contributed by atoms with Crippen molar-refractivity contribution in [1.29, 1.82) is 0 Å². The number of aromatic nitrogens is 5. The second-order valence-corrected chi connectivity index (χ2v) is 4.58. The molecule has 0 fully saturated rings. The molecule has 0 aliphatic heterocycles. The zero-order chi connectivity index (χ0) is 15.8. The summed E-state index contributed by atoms with van der Waals surface area (Å²) in [5.41, 5.74) is -0.686. The number of Topliss-reactive ketones (excluding diaryl/α,β-unsaturated/α-hetero) is 1. The number of rotatable bonds is 4. The lowest BCUT2D eigenvalue weighted by atomic mass is 10.3. The maximum atomic E-state index is 11.0. The third-order valence-electron chi connectivity index (χ3n) is 2.32. The van der Waals surface area contributed by atoms with Gasteiger partial charge in [0.15, 0.2) is 0 Å². The van der Waals surface area contributed by atoms with Crippen LogP contribution < -0.4 is 15.4 Å². The minimum absolute atomic E-state index is 0.167. The molecule has 0 bridgehead atoms. The summed E-state index contributed by atoms with van der Waals surface area (Å²) in [6.45, 7) is 6.06. The van der Waals surface area contributed by atoms with Crippen molar-refractivity contribution in [3.63, 3.8) is 0 Å². The molecule has 2 aromatic heterocycles. The van der Waals surface area contributed by atoms with Crippen LogP contribution in [0.5, 0.6) is 6.01 Å². The van der Waals surface area contributed by atoms with E-state index in [0.717, 1.165) is 19.4 Å². The number of ketones is 1. The van der Waals surface area contributed by atoms with Gasteiger partial charge in [0.1, 0.15) is 18.2 Å². The van der Waals surface area contributed by atoms with E-state index in [0.29, 0.717) is 0 Å². The topological polar surface area (TPSA) is 108 Å². The van der Waals surface area contributed by atoms with Crippen molar-refractivity contribution in [3.05, 3.63) is 29.2 Å². The van der Waals surface area contributed by atoms with E-state index in [4.69, 9.17) is 0 Å². The second kappa shape index (κ2) is 7.93. The summed E-state index contributed by atoms with van der Waals surface area (Å²) in [7, 11) is 0. The summed E-state index contributed by atoms with van der Waals surface area (Å²) in [6, 6.07) is -0.780. The summed E-state index contributed by atoms with van der Waals surface area (Å²) < 4.78 is 3.55. The van der Waals surface area contributed by atoms with Gasteiger partial charge in [-0.3, -0.25) is 4.98 Å². The van der Waals surface area contributed by atoms with Gasteiger partial charge in [-0.25, -0.2) is 9.36 Å². The van der Waals surface area contributed by atoms with Crippen LogP contribution in [0.2, 0.25) is 0 Å².